The van der Waals surface area contributed by atoms with Gasteiger partial charge in [0.25, 0.3) is 0 Å². The molecule has 0 atom stereocenters. The smallest absolute Gasteiger partial charge is 0.381 e. The van der Waals surface area contributed by atoms with Crippen LogP contribution >= 0.6 is 0 Å². The third-order valence-corrected chi connectivity index (χ3v) is 2.18. The lowest BCUT2D eigenvalue weighted by Crippen LogP contribution is -2.12. The predicted octanol–water partition coefficient (Wildman–Crippen LogP) is 0.393. The molecule has 0 spiro atoms. The summed E-state index contributed by atoms with van der Waals surface area (Å²) < 4.78 is 5.25. The minimum atomic E-state index is -1.10. The number of carboxylic acid groups (broad SMARTS) is 1. The normalized spacial score (nSPS) is 11.2. The number of aliphatic carboxylic acids is 1. The molecule has 0 radical (unpaired) electrons. The molecule has 0 aromatic heterocycles. The third kappa shape index (κ3) is 9.21. The van der Waals surface area contributed by atoms with E-state index >= 15 is 0 Å². The van der Waals surface area contributed by atoms with Gasteiger partial charge in [0, 0.05) is 5.92 Å². The van der Waals surface area contributed by atoms with E-state index in [4.69, 9.17) is 9.53 Å². The summed E-state index contributed by atoms with van der Waals surface area (Å²) in [4.78, 5) is 9.94. The van der Waals surface area contributed by atoms with Crippen LogP contribution in [-0.2, 0) is 9.22 Å². The van der Waals surface area contributed by atoms with Crippen LogP contribution in [0.15, 0.2) is 0 Å². The molecule has 0 rings (SSSR count). The Hall–Kier alpha value is -0.793. The second-order valence-electron chi connectivity index (χ2n) is 3.66. The molecule has 0 fully saturated rings. The maximum atomic E-state index is 9.94. The van der Waals surface area contributed by atoms with Gasteiger partial charge in [0.1, 0.15) is 0 Å². The lowest BCUT2D eigenvalue weighted by Gasteiger charge is -2.15. The molecule has 4 heteroatoms. The molecule has 0 aliphatic carbocycles. The van der Waals surface area contributed by atoms with Crippen molar-refractivity contribution in [3.05, 3.63) is 0 Å². The summed E-state index contributed by atoms with van der Waals surface area (Å²) in [7, 11) is -0.591. The summed E-state index contributed by atoms with van der Waals surface area (Å²) in [6, 6.07) is 0. The molecule has 0 heterocycles. The van der Waals surface area contributed by atoms with E-state index in [2.05, 4.69) is 26.7 Å². The van der Waals surface area contributed by atoms with E-state index in [1.165, 1.54) is 0 Å². The van der Waals surface area contributed by atoms with Crippen LogP contribution < -0.4 is 0 Å². The summed E-state index contributed by atoms with van der Waals surface area (Å²) in [6.07, 6.45) is 0. The van der Waals surface area contributed by atoms with E-state index in [1.807, 2.05) is 5.92 Å². The van der Waals surface area contributed by atoms with Crippen molar-refractivity contribution in [2.24, 2.45) is 0 Å². The Morgan fingerprint density at radius 1 is 1.58 bits per heavy atom. The topological polar surface area (TPSA) is 46.5 Å². The molecule has 0 amide bonds. The van der Waals surface area contributed by atoms with Crippen LogP contribution in [0.25, 0.3) is 0 Å². The molecule has 0 saturated carbocycles. The molecule has 12 heavy (non-hydrogen) atoms. The van der Waals surface area contributed by atoms with Crippen LogP contribution in [-0.4, -0.2) is 27.4 Å². The molecule has 0 saturated heterocycles. The molecule has 0 aromatic rings. The predicted molar refractivity (Wildman–Crippen MR) is 49.6 cm³/mol. The van der Waals surface area contributed by atoms with E-state index in [1.54, 1.807) is 0 Å². The molecule has 68 valence electrons. The van der Waals surface area contributed by atoms with Crippen molar-refractivity contribution in [3.63, 3.8) is 0 Å². The molecule has 0 unspecified atom stereocenters. The minimum Gasteiger partial charge on any atom is -0.472 e. The van der Waals surface area contributed by atoms with Crippen molar-refractivity contribution < 1.29 is 14.3 Å². The monoisotopic (exact) mass is 186 g/mol. The zero-order valence-corrected chi connectivity index (χ0v) is 9.09. The van der Waals surface area contributed by atoms with Gasteiger partial charge >= 0.3 is 5.97 Å². The Morgan fingerprint density at radius 2 is 2.17 bits per heavy atom. The average Bonchev–Trinajstić information content (AvgIpc) is 1.83. The standard InChI is InChI=1S/C8H14O3Si/c1-8(2,3)12-11-6-4-5-7(9)10/h6,12H2,1-3H3,(H,9,10). The van der Waals surface area contributed by atoms with Gasteiger partial charge in [-0.1, -0.05) is 26.7 Å². The van der Waals surface area contributed by atoms with Crippen molar-refractivity contribution in [2.45, 2.75) is 25.8 Å². The van der Waals surface area contributed by atoms with Gasteiger partial charge in [0.05, 0.1) is 6.61 Å². The first-order chi connectivity index (χ1) is 5.42. The zero-order chi connectivity index (χ0) is 9.61. The largest absolute Gasteiger partial charge is 0.472 e. The van der Waals surface area contributed by atoms with Gasteiger partial charge < -0.3 is 9.53 Å². The lowest BCUT2D eigenvalue weighted by atomic mass is 10.3. The molecule has 0 aliphatic heterocycles. The van der Waals surface area contributed by atoms with Gasteiger partial charge in [-0.3, -0.25) is 0 Å². The quantitative estimate of drug-likeness (QED) is 0.385. The molecule has 0 bridgehead atoms. The number of carboxylic acids is 1. The lowest BCUT2D eigenvalue weighted by molar-refractivity contribution is -0.130. The van der Waals surface area contributed by atoms with E-state index in [0.29, 0.717) is 0 Å². The maximum Gasteiger partial charge on any atom is 0.381 e. The first-order valence-electron chi connectivity index (χ1n) is 3.71. The van der Waals surface area contributed by atoms with Crippen LogP contribution in [0.2, 0.25) is 5.04 Å². The van der Waals surface area contributed by atoms with Crippen LogP contribution in [0, 0.1) is 11.8 Å². The Balaban J connectivity index is 3.48. The number of rotatable bonds is 2. The summed E-state index contributed by atoms with van der Waals surface area (Å²) in [6.45, 7) is 6.55. The van der Waals surface area contributed by atoms with Gasteiger partial charge in [0.2, 0.25) is 0 Å². The average molecular weight is 186 g/mol. The van der Waals surface area contributed by atoms with E-state index in [-0.39, 0.29) is 11.6 Å². The first kappa shape index (κ1) is 11.2. The van der Waals surface area contributed by atoms with Crippen LogP contribution in [0.1, 0.15) is 20.8 Å². The highest BCUT2D eigenvalue weighted by Gasteiger charge is 2.10. The molecule has 0 aromatic carbocycles. The summed E-state index contributed by atoms with van der Waals surface area (Å²) in [5.74, 6) is 3.32. The van der Waals surface area contributed by atoms with Gasteiger partial charge in [-0.05, 0) is 5.04 Å². The second kappa shape index (κ2) is 4.96. The molecular formula is C8H14O3Si. The van der Waals surface area contributed by atoms with Crippen molar-refractivity contribution in [3.8, 4) is 11.8 Å². The Morgan fingerprint density at radius 3 is 2.58 bits per heavy atom. The van der Waals surface area contributed by atoms with E-state index < -0.39 is 15.7 Å². The van der Waals surface area contributed by atoms with Crippen LogP contribution in [0.5, 0.6) is 0 Å². The first-order valence-corrected chi connectivity index (χ1v) is 5.00. The maximum absolute atomic E-state index is 9.94. The third-order valence-electron chi connectivity index (χ3n) is 0.905. The fraction of sp³-hybridized carbons (Fsp3) is 0.625. The number of carbonyl (C=O) groups is 1. The van der Waals surface area contributed by atoms with Gasteiger partial charge in [-0.15, -0.1) is 0 Å². The number of hydrogen-bond donors (Lipinski definition) is 1. The Kier molecular flexibility index (Phi) is 4.63. The summed E-state index contributed by atoms with van der Waals surface area (Å²) in [5.41, 5.74) is 0. The van der Waals surface area contributed by atoms with Gasteiger partial charge in [-0.25, -0.2) is 4.79 Å². The van der Waals surface area contributed by atoms with Crippen molar-refractivity contribution in [1.82, 2.24) is 0 Å². The summed E-state index contributed by atoms with van der Waals surface area (Å²) in [5, 5.41) is 8.40. The zero-order valence-electron chi connectivity index (χ0n) is 7.68. The fourth-order valence-corrected chi connectivity index (χ4v) is 1.34. The minimum absolute atomic E-state index is 0.241. The SMILES string of the molecule is CC(C)(C)[SiH2]OCC#CC(=O)O. The summed E-state index contributed by atoms with van der Waals surface area (Å²) >= 11 is 0. The Bertz CT molecular complexity index is 207. The fourth-order valence-electron chi connectivity index (χ4n) is 0.520. The van der Waals surface area contributed by atoms with Crippen LogP contribution in [0.3, 0.4) is 0 Å². The van der Waals surface area contributed by atoms with E-state index in [0.717, 1.165) is 0 Å². The van der Waals surface area contributed by atoms with Gasteiger partial charge in [-0.2, -0.15) is 0 Å². The molecule has 3 nitrogen and oxygen atoms in total. The highest BCUT2D eigenvalue weighted by atomic mass is 28.2. The molecular weight excluding hydrogens is 172 g/mol. The highest BCUT2D eigenvalue weighted by molar-refractivity contribution is 6.31. The Labute approximate surface area is 75.1 Å². The van der Waals surface area contributed by atoms with Gasteiger partial charge in [0.15, 0.2) is 9.76 Å². The number of hydrogen-bond acceptors (Lipinski definition) is 2. The van der Waals surface area contributed by atoms with Crippen molar-refractivity contribution in [2.75, 3.05) is 6.61 Å². The molecule has 0 aliphatic rings. The highest BCUT2D eigenvalue weighted by Crippen LogP contribution is 2.19. The van der Waals surface area contributed by atoms with Crippen molar-refractivity contribution in [1.29, 1.82) is 0 Å². The molecule has 1 N–H and O–H groups in total. The van der Waals surface area contributed by atoms with Crippen molar-refractivity contribution >= 4 is 15.7 Å². The van der Waals surface area contributed by atoms with E-state index in [9.17, 15) is 4.79 Å². The van der Waals surface area contributed by atoms with Crippen LogP contribution in [0.4, 0.5) is 0 Å². The second-order valence-corrected chi connectivity index (χ2v) is 6.48.